The van der Waals surface area contributed by atoms with Gasteiger partial charge in [0.15, 0.2) is 5.11 Å². The predicted molar refractivity (Wildman–Crippen MR) is 147 cm³/mol. The fourth-order valence-electron chi connectivity index (χ4n) is 4.97. The van der Waals surface area contributed by atoms with Crippen molar-refractivity contribution in [3.05, 3.63) is 111 Å². The minimum absolute atomic E-state index is 0.0337. The van der Waals surface area contributed by atoms with Crippen LogP contribution >= 0.6 is 28.1 Å². The van der Waals surface area contributed by atoms with Gasteiger partial charge in [0.1, 0.15) is 0 Å². The second-order valence-corrected chi connectivity index (χ2v) is 10.2. The fraction of sp³-hybridized carbons (Fsp3) is 0.214. The number of nitrogens with zero attached hydrogens (tertiary/aromatic N) is 3. The highest BCUT2D eigenvalue weighted by atomic mass is 79.9. The number of hydrogen-bond donors (Lipinski definition) is 1. The Labute approximate surface area is 214 Å². The summed E-state index contributed by atoms with van der Waals surface area (Å²) in [7, 11) is 0. The molecule has 1 fully saturated rings. The molecule has 5 rings (SSSR count). The van der Waals surface area contributed by atoms with Gasteiger partial charge in [-0.2, -0.15) is 0 Å². The van der Waals surface area contributed by atoms with Gasteiger partial charge < -0.3 is 14.8 Å². The van der Waals surface area contributed by atoms with E-state index in [4.69, 9.17) is 17.2 Å². The fourth-order valence-corrected chi connectivity index (χ4v) is 5.58. The number of benzene rings is 2. The molecule has 2 aromatic heterocycles. The summed E-state index contributed by atoms with van der Waals surface area (Å²) >= 11 is 9.45. The van der Waals surface area contributed by atoms with E-state index in [2.05, 4.69) is 113 Å². The van der Waals surface area contributed by atoms with Gasteiger partial charge in [-0.25, -0.2) is 0 Å². The van der Waals surface area contributed by atoms with Crippen LogP contribution in [-0.2, 0) is 0 Å². The van der Waals surface area contributed by atoms with E-state index in [1.807, 2.05) is 18.3 Å². The minimum Gasteiger partial charge on any atom is -0.351 e. The summed E-state index contributed by atoms with van der Waals surface area (Å²) in [6.45, 7) is 8.70. The maximum absolute atomic E-state index is 5.89. The molecule has 3 heterocycles. The van der Waals surface area contributed by atoms with Crippen molar-refractivity contribution in [2.75, 3.05) is 4.90 Å². The van der Waals surface area contributed by atoms with Crippen LogP contribution in [-0.4, -0.2) is 14.7 Å². The third-order valence-corrected chi connectivity index (χ3v) is 7.44. The number of aromatic nitrogens is 2. The number of anilines is 1. The molecule has 1 saturated heterocycles. The van der Waals surface area contributed by atoms with Gasteiger partial charge in [-0.05, 0) is 105 Å². The number of halogens is 1. The molecular weight excluding hydrogens is 504 g/mol. The summed E-state index contributed by atoms with van der Waals surface area (Å²) < 4.78 is 3.41. The number of thiocarbonyl (C=S) groups is 1. The lowest BCUT2D eigenvalue weighted by Gasteiger charge is -2.28. The number of rotatable bonds is 4. The van der Waals surface area contributed by atoms with E-state index in [0.29, 0.717) is 5.11 Å². The molecular formula is C28H27BrN4S. The highest BCUT2D eigenvalue weighted by Crippen LogP contribution is 2.44. The molecule has 0 aliphatic carbocycles. The van der Waals surface area contributed by atoms with E-state index in [1.54, 1.807) is 0 Å². The average molecular weight is 532 g/mol. The minimum atomic E-state index is -0.0649. The van der Waals surface area contributed by atoms with Gasteiger partial charge in [-0.1, -0.05) is 34.1 Å². The summed E-state index contributed by atoms with van der Waals surface area (Å²) in [6, 6.07) is 23.2. The van der Waals surface area contributed by atoms with Gasteiger partial charge in [0.2, 0.25) is 0 Å². The molecule has 0 spiro atoms. The standard InChI is InChI=1S/C28H27BrN4S/c1-17-8-9-18(2)25(15-17)32-19(3)16-23(20(32)4)27-26(24-7-5-6-14-30-24)31-28(34)33(27)22-12-10-21(29)11-13-22/h5-16,26-27H,1-4H3,(H,31,34). The third kappa shape index (κ3) is 3.95. The Balaban J connectivity index is 1.70. The lowest BCUT2D eigenvalue weighted by molar-refractivity contribution is 0.565. The van der Waals surface area contributed by atoms with Crippen molar-refractivity contribution >= 4 is 38.9 Å². The third-order valence-electron chi connectivity index (χ3n) is 6.60. The van der Waals surface area contributed by atoms with Crippen LogP contribution < -0.4 is 10.2 Å². The lowest BCUT2D eigenvalue weighted by Crippen LogP contribution is -2.29. The van der Waals surface area contributed by atoms with Crippen LogP contribution in [0.15, 0.2) is 77.4 Å². The van der Waals surface area contributed by atoms with Crippen molar-refractivity contribution in [1.82, 2.24) is 14.9 Å². The second kappa shape index (κ2) is 9.01. The Morgan fingerprint density at radius 1 is 0.941 bits per heavy atom. The van der Waals surface area contributed by atoms with E-state index in [1.165, 1.54) is 33.8 Å². The SMILES string of the molecule is Cc1ccc(C)c(-n2c(C)cc(C3C(c4ccccn4)NC(=S)N3c3ccc(Br)cc3)c2C)c1. The maximum atomic E-state index is 5.89. The van der Waals surface area contributed by atoms with Crippen molar-refractivity contribution in [2.24, 2.45) is 0 Å². The molecule has 0 bridgehead atoms. The van der Waals surface area contributed by atoms with Crippen LogP contribution in [0.25, 0.3) is 5.69 Å². The first-order valence-corrected chi connectivity index (χ1v) is 12.6. The molecule has 34 heavy (non-hydrogen) atoms. The highest BCUT2D eigenvalue weighted by molar-refractivity contribution is 9.10. The van der Waals surface area contributed by atoms with Crippen LogP contribution in [0, 0.1) is 27.7 Å². The smallest absolute Gasteiger partial charge is 0.174 e. The Kier molecular flexibility index (Phi) is 6.04. The van der Waals surface area contributed by atoms with Crippen molar-refractivity contribution in [1.29, 1.82) is 0 Å². The van der Waals surface area contributed by atoms with Gasteiger partial charge in [-0.3, -0.25) is 4.98 Å². The summed E-state index contributed by atoms with van der Waals surface area (Å²) in [5, 5.41) is 4.28. The number of aryl methyl sites for hydroxylation is 3. The van der Waals surface area contributed by atoms with E-state index in [9.17, 15) is 0 Å². The van der Waals surface area contributed by atoms with Crippen molar-refractivity contribution in [3.63, 3.8) is 0 Å². The quantitative estimate of drug-likeness (QED) is 0.286. The zero-order valence-electron chi connectivity index (χ0n) is 19.7. The first kappa shape index (κ1) is 22.8. The molecule has 0 radical (unpaired) electrons. The molecule has 6 heteroatoms. The molecule has 1 aliphatic heterocycles. The van der Waals surface area contributed by atoms with E-state index in [-0.39, 0.29) is 12.1 Å². The van der Waals surface area contributed by atoms with Gasteiger partial charge in [0, 0.05) is 33.4 Å². The first-order valence-electron chi connectivity index (χ1n) is 11.4. The summed E-state index contributed by atoms with van der Waals surface area (Å²) in [6.07, 6.45) is 1.85. The molecule has 2 unspecified atom stereocenters. The zero-order chi connectivity index (χ0) is 24.0. The van der Waals surface area contributed by atoms with Crippen molar-refractivity contribution < 1.29 is 0 Å². The highest BCUT2D eigenvalue weighted by Gasteiger charge is 2.42. The molecule has 2 aromatic carbocycles. The summed E-state index contributed by atoms with van der Waals surface area (Å²) in [5.74, 6) is 0. The normalized spacial score (nSPS) is 17.8. The summed E-state index contributed by atoms with van der Waals surface area (Å²) in [5.41, 5.74) is 9.42. The van der Waals surface area contributed by atoms with Crippen LogP contribution in [0.4, 0.5) is 5.69 Å². The topological polar surface area (TPSA) is 33.1 Å². The monoisotopic (exact) mass is 530 g/mol. The Hall–Kier alpha value is -2.96. The lowest BCUT2D eigenvalue weighted by atomic mass is 9.96. The molecule has 0 amide bonds. The Morgan fingerprint density at radius 3 is 2.41 bits per heavy atom. The van der Waals surface area contributed by atoms with Crippen LogP contribution in [0.2, 0.25) is 0 Å². The molecule has 1 N–H and O–H groups in total. The Morgan fingerprint density at radius 2 is 1.71 bits per heavy atom. The zero-order valence-corrected chi connectivity index (χ0v) is 22.1. The molecule has 172 valence electrons. The van der Waals surface area contributed by atoms with Crippen LogP contribution in [0.1, 0.15) is 45.9 Å². The average Bonchev–Trinajstić information content (AvgIpc) is 3.32. The largest absolute Gasteiger partial charge is 0.351 e. The molecule has 1 aliphatic rings. The van der Waals surface area contributed by atoms with Crippen molar-refractivity contribution in [2.45, 2.75) is 39.8 Å². The number of hydrogen-bond acceptors (Lipinski definition) is 2. The van der Waals surface area contributed by atoms with Gasteiger partial charge in [-0.15, -0.1) is 0 Å². The van der Waals surface area contributed by atoms with E-state index in [0.717, 1.165) is 15.9 Å². The molecule has 2 atom stereocenters. The van der Waals surface area contributed by atoms with E-state index >= 15 is 0 Å². The van der Waals surface area contributed by atoms with Crippen molar-refractivity contribution in [3.8, 4) is 5.69 Å². The van der Waals surface area contributed by atoms with Gasteiger partial charge in [0.05, 0.1) is 17.8 Å². The molecule has 4 nitrogen and oxygen atoms in total. The van der Waals surface area contributed by atoms with Crippen LogP contribution in [0.3, 0.4) is 0 Å². The molecule has 0 saturated carbocycles. The number of pyridine rings is 1. The number of nitrogens with one attached hydrogen (secondary N) is 1. The predicted octanol–water partition coefficient (Wildman–Crippen LogP) is 7.05. The summed E-state index contributed by atoms with van der Waals surface area (Å²) in [4.78, 5) is 6.93. The molecule has 4 aromatic rings. The maximum Gasteiger partial charge on any atom is 0.174 e. The van der Waals surface area contributed by atoms with Crippen LogP contribution in [0.5, 0.6) is 0 Å². The first-order chi connectivity index (χ1) is 16.3. The van der Waals surface area contributed by atoms with E-state index < -0.39 is 0 Å². The van der Waals surface area contributed by atoms with Gasteiger partial charge in [0.25, 0.3) is 0 Å². The van der Waals surface area contributed by atoms with Gasteiger partial charge >= 0.3 is 0 Å². The Bertz CT molecular complexity index is 1360. The second-order valence-electron chi connectivity index (χ2n) is 8.92.